The van der Waals surface area contributed by atoms with E-state index in [9.17, 15) is 4.79 Å². The van der Waals surface area contributed by atoms with E-state index in [0.29, 0.717) is 25.7 Å². The number of halogens is 1. The summed E-state index contributed by atoms with van der Waals surface area (Å²) in [6.07, 6.45) is 5.04. The van der Waals surface area contributed by atoms with Gasteiger partial charge in [0.1, 0.15) is 0 Å². The maximum absolute atomic E-state index is 11.8. The first-order valence-electron chi connectivity index (χ1n) is 9.76. The van der Waals surface area contributed by atoms with E-state index >= 15 is 0 Å². The van der Waals surface area contributed by atoms with Gasteiger partial charge in [-0.1, -0.05) is 34.5 Å². The molecule has 1 amide bonds. The van der Waals surface area contributed by atoms with E-state index in [-0.39, 0.29) is 17.6 Å². The molecule has 0 bridgehead atoms. The lowest BCUT2D eigenvalue weighted by Gasteiger charge is -2.41. The first-order chi connectivity index (χ1) is 13.0. The number of amides is 1. The fraction of sp³-hybridized carbons (Fsp3) is 0.600. The molecular weight excluding hydrogens is 408 g/mol. The minimum absolute atomic E-state index is 0.125. The Labute approximate surface area is 169 Å². The Hall–Kier alpha value is -1.76. The van der Waals surface area contributed by atoms with Crippen LogP contribution < -0.4 is 11.1 Å². The maximum Gasteiger partial charge on any atom is 0.409 e. The topological polar surface area (TPSA) is 80.0 Å². The summed E-state index contributed by atoms with van der Waals surface area (Å²) < 4.78 is 6.15. The van der Waals surface area contributed by atoms with Gasteiger partial charge in [0.2, 0.25) is 0 Å². The standard InChI is InChI=1S/C20H29BrN4O2/c1-2-27-19(26)25-12-8-17(9-13-25)24-18(22)23-14-20(10-3-11-20)15-4-6-16(21)7-5-15/h4-7,17H,2-3,8-14H2,1H3,(H3,22,23,24). The van der Waals surface area contributed by atoms with Crippen LogP contribution in [0.15, 0.2) is 33.7 Å². The molecule has 1 saturated carbocycles. The number of carbonyl (C=O) groups is 1. The van der Waals surface area contributed by atoms with E-state index in [1.165, 1.54) is 12.0 Å². The minimum Gasteiger partial charge on any atom is -0.450 e. The van der Waals surface area contributed by atoms with Crippen molar-refractivity contribution < 1.29 is 9.53 Å². The van der Waals surface area contributed by atoms with Gasteiger partial charge in [-0.2, -0.15) is 0 Å². The molecule has 1 aliphatic carbocycles. The molecule has 7 heteroatoms. The Bertz CT molecular complexity index is 665. The zero-order valence-electron chi connectivity index (χ0n) is 15.9. The van der Waals surface area contributed by atoms with Crippen molar-refractivity contribution in [1.29, 1.82) is 0 Å². The van der Waals surface area contributed by atoms with Crippen LogP contribution in [0.25, 0.3) is 0 Å². The molecule has 1 saturated heterocycles. The van der Waals surface area contributed by atoms with Gasteiger partial charge < -0.3 is 20.7 Å². The average Bonchev–Trinajstić information content (AvgIpc) is 2.63. The van der Waals surface area contributed by atoms with Gasteiger partial charge in [0, 0.05) is 29.0 Å². The average molecular weight is 437 g/mol. The SMILES string of the molecule is CCOC(=O)N1CCC(NC(N)=NCC2(c3ccc(Br)cc3)CCC2)CC1. The van der Waals surface area contributed by atoms with Crippen molar-refractivity contribution in [3.63, 3.8) is 0 Å². The number of hydrogen-bond donors (Lipinski definition) is 2. The summed E-state index contributed by atoms with van der Waals surface area (Å²) in [5.41, 5.74) is 7.63. The predicted octanol–water partition coefficient (Wildman–Crippen LogP) is 3.40. The molecule has 0 atom stereocenters. The van der Waals surface area contributed by atoms with E-state index in [0.717, 1.165) is 36.7 Å². The molecule has 1 aromatic carbocycles. The van der Waals surface area contributed by atoms with Crippen molar-refractivity contribution in [2.75, 3.05) is 26.2 Å². The van der Waals surface area contributed by atoms with Crippen LogP contribution in [0.3, 0.4) is 0 Å². The van der Waals surface area contributed by atoms with Crippen LogP contribution in [0.1, 0.15) is 44.6 Å². The molecule has 1 aliphatic heterocycles. The van der Waals surface area contributed by atoms with Gasteiger partial charge in [-0.15, -0.1) is 0 Å². The lowest BCUT2D eigenvalue weighted by Crippen LogP contribution is -2.49. The largest absolute Gasteiger partial charge is 0.450 e. The molecule has 3 N–H and O–H groups in total. The summed E-state index contributed by atoms with van der Waals surface area (Å²) in [7, 11) is 0. The Kier molecular flexibility index (Phi) is 6.63. The number of hydrogen-bond acceptors (Lipinski definition) is 3. The lowest BCUT2D eigenvalue weighted by atomic mass is 9.64. The number of nitrogens with two attached hydrogens (primary N) is 1. The molecule has 1 aromatic rings. The van der Waals surface area contributed by atoms with Gasteiger partial charge in [0.15, 0.2) is 5.96 Å². The fourth-order valence-electron chi connectivity index (χ4n) is 3.86. The summed E-state index contributed by atoms with van der Waals surface area (Å²) >= 11 is 3.50. The quantitative estimate of drug-likeness (QED) is 0.547. The molecular formula is C20H29BrN4O2. The molecule has 0 aromatic heterocycles. The summed E-state index contributed by atoms with van der Waals surface area (Å²) in [6, 6.07) is 8.82. The molecule has 3 rings (SSSR count). The number of nitrogens with one attached hydrogen (secondary N) is 1. The van der Waals surface area contributed by atoms with Crippen LogP contribution in [0.5, 0.6) is 0 Å². The normalized spacial score (nSPS) is 20.1. The highest BCUT2D eigenvalue weighted by Gasteiger charge is 2.38. The smallest absolute Gasteiger partial charge is 0.409 e. The third-order valence-corrected chi connectivity index (χ3v) is 6.22. The van der Waals surface area contributed by atoms with Crippen molar-refractivity contribution in [3.8, 4) is 0 Å². The second-order valence-electron chi connectivity index (χ2n) is 7.45. The number of guanidine groups is 1. The first kappa shape index (κ1) is 20.0. The number of nitrogens with zero attached hydrogens (tertiary/aromatic N) is 2. The Morgan fingerprint density at radius 1 is 1.33 bits per heavy atom. The molecule has 2 aliphatic rings. The fourth-order valence-corrected chi connectivity index (χ4v) is 4.12. The van der Waals surface area contributed by atoms with Gasteiger partial charge in [0.25, 0.3) is 0 Å². The molecule has 27 heavy (non-hydrogen) atoms. The monoisotopic (exact) mass is 436 g/mol. The van der Waals surface area contributed by atoms with E-state index in [1.54, 1.807) is 4.90 Å². The van der Waals surface area contributed by atoms with Crippen molar-refractivity contribution in [2.45, 2.75) is 50.5 Å². The number of benzene rings is 1. The third-order valence-electron chi connectivity index (χ3n) is 5.69. The van der Waals surface area contributed by atoms with Crippen LogP contribution in [0, 0.1) is 0 Å². The van der Waals surface area contributed by atoms with Crippen LogP contribution >= 0.6 is 15.9 Å². The second kappa shape index (κ2) is 8.95. The predicted molar refractivity (Wildman–Crippen MR) is 111 cm³/mol. The van der Waals surface area contributed by atoms with E-state index in [1.807, 2.05) is 6.92 Å². The molecule has 0 radical (unpaired) electrons. The van der Waals surface area contributed by atoms with Crippen molar-refractivity contribution >= 4 is 28.0 Å². The molecule has 0 spiro atoms. The lowest BCUT2D eigenvalue weighted by molar-refractivity contribution is 0.0963. The number of carbonyl (C=O) groups excluding carboxylic acids is 1. The van der Waals surface area contributed by atoms with Gasteiger partial charge in [-0.05, 0) is 50.3 Å². The van der Waals surface area contributed by atoms with Crippen molar-refractivity contribution in [2.24, 2.45) is 10.7 Å². The molecule has 0 unspecified atom stereocenters. The van der Waals surface area contributed by atoms with E-state index in [4.69, 9.17) is 10.5 Å². The molecule has 6 nitrogen and oxygen atoms in total. The van der Waals surface area contributed by atoms with Crippen molar-refractivity contribution in [3.05, 3.63) is 34.3 Å². The summed E-state index contributed by atoms with van der Waals surface area (Å²) in [5, 5.41) is 3.33. The Morgan fingerprint density at radius 3 is 2.56 bits per heavy atom. The van der Waals surface area contributed by atoms with Gasteiger partial charge in [-0.3, -0.25) is 4.99 Å². The van der Waals surface area contributed by atoms with Crippen molar-refractivity contribution in [1.82, 2.24) is 10.2 Å². The third kappa shape index (κ3) is 4.94. The van der Waals surface area contributed by atoms with Crippen LogP contribution in [0.2, 0.25) is 0 Å². The molecule has 2 fully saturated rings. The zero-order valence-corrected chi connectivity index (χ0v) is 17.5. The molecule has 1 heterocycles. The number of likely N-dealkylation sites (tertiary alicyclic amines) is 1. The number of ether oxygens (including phenoxy) is 1. The minimum atomic E-state index is -0.223. The van der Waals surface area contributed by atoms with Crippen LogP contribution in [-0.4, -0.2) is 49.2 Å². The van der Waals surface area contributed by atoms with Gasteiger partial charge in [0.05, 0.1) is 13.2 Å². The zero-order chi connectivity index (χ0) is 19.3. The first-order valence-corrected chi connectivity index (χ1v) is 10.6. The van der Waals surface area contributed by atoms with Crippen LogP contribution in [-0.2, 0) is 10.2 Å². The highest BCUT2D eigenvalue weighted by molar-refractivity contribution is 9.10. The Morgan fingerprint density at radius 2 is 2.00 bits per heavy atom. The highest BCUT2D eigenvalue weighted by atomic mass is 79.9. The van der Waals surface area contributed by atoms with Gasteiger partial charge in [-0.25, -0.2) is 4.79 Å². The van der Waals surface area contributed by atoms with Gasteiger partial charge >= 0.3 is 6.09 Å². The maximum atomic E-state index is 11.8. The van der Waals surface area contributed by atoms with E-state index < -0.39 is 0 Å². The van der Waals surface area contributed by atoms with E-state index in [2.05, 4.69) is 50.5 Å². The number of rotatable bonds is 5. The van der Waals surface area contributed by atoms with Crippen LogP contribution in [0.4, 0.5) is 4.79 Å². The highest BCUT2D eigenvalue weighted by Crippen LogP contribution is 2.44. The summed E-state index contributed by atoms with van der Waals surface area (Å²) in [6.45, 7) is 4.33. The number of aliphatic imine (C=N–C) groups is 1. The number of piperidine rings is 1. The molecule has 148 valence electrons. The second-order valence-corrected chi connectivity index (χ2v) is 8.36. The summed E-state index contributed by atoms with van der Waals surface area (Å²) in [5.74, 6) is 0.507. The Balaban J connectivity index is 1.51. The summed E-state index contributed by atoms with van der Waals surface area (Å²) in [4.78, 5) is 18.2.